The van der Waals surface area contributed by atoms with E-state index in [-0.39, 0.29) is 17.5 Å². The first-order valence-electron chi connectivity index (χ1n) is 7.14. The Morgan fingerprint density at radius 2 is 2.09 bits per heavy atom. The second-order valence-electron chi connectivity index (χ2n) is 5.27. The third-order valence-corrected chi connectivity index (χ3v) is 3.74. The van der Waals surface area contributed by atoms with Gasteiger partial charge >= 0.3 is 6.18 Å². The van der Waals surface area contributed by atoms with E-state index in [1.54, 1.807) is 11.0 Å². The minimum atomic E-state index is -4.51. The first kappa shape index (κ1) is 15.4. The van der Waals surface area contributed by atoms with E-state index in [1.165, 1.54) is 16.9 Å². The maximum atomic E-state index is 12.8. The number of alkyl halides is 3. The van der Waals surface area contributed by atoms with Crippen LogP contribution in [0.3, 0.4) is 0 Å². The lowest BCUT2D eigenvalue weighted by Gasteiger charge is -2.25. The van der Waals surface area contributed by atoms with Gasteiger partial charge in [-0.15, -0.1) is 0 Å². The number of aromatic nitrogens is 4. The zero-order valence-electron chi connectivity index (χ0n) is 12.1. The molecule has 0 saturated carbocycles. The fourth-order valence-corrected chi connectivity index (χ4v) is 2.66. The average molecular weight is 325 g/mol. The van der Waals surface area contributed by atoms with Crippen molar-refractivity contribution in [3.63, 3.8) is 0 Å². The molecule has 2 aromatic heterocycles. The Bertz CT molecular complexity index is 745. The number of nitrogens with zero attached hydrogens (tertiary/aromatic N) is 5. The van der Waals surface area contributed by atoms with E-state index < -0.39 is 11.9 Å². The van der Waals surface area contributed by atoms with Gasteiger partial charge in [-0.25, -0.2) is 14.6 Å². The van der Waals surface area contributed by atoms with Crippen molar-refractivity contribution in [3.05, 3.63) is 46.6 Å². The predicted molar refractivity (Wildman–Crippen MR) is 75.9 cm³/mol. The van der Waals surface area contributed by atoms with Crippen LogP contribution >= 0.6 is 0 Å². The number of rotatable bonds is 3. The highest BCUT2D eigenvalue weighted by molar-refractivity contribution is 5.34. The highest BCUT2D eigenvalue weighted by atomic mass is 19.4. The molecule has 2 aromatic rings. The topological polar surface area (TPSA) is 63.9 Å². The van der Waals surface area contributed by atoms with Crippen LogP contribution in [0, 0.1) is 0 Å². The summed E-state index contributed by atoms with van der Waals surface area (Å²) in [6, 6.07) is 3.62. The van der Waals surface area contributed by atoms with Gasteiger partial charge in [0.25, 0.3) is 5.56 Å². The van der Waals surface area contributed by atoms with Crippen LogP contribution in [0.2, 0.25) is 0 Å². The van der Waals surface area contributed by atoms with Gasteiger partial charge in [-0.3, -0.25) is 4.79 Å². The Hall–Kier alpha value is -2.45. The van der Waals surface area contributed by atoms with E-state index in [0.717, 1.165) is 25.1 Å². The maximum absolute atomic E-state index is 12.8. The smallest absolute Gasteiger partial charge is 0.336 e. The van der Waals surface area contributed by atoms with Crippen molar-refractivity contribution >= 4 is 5.95 Å². The molecular formula is C14H14F3N5O. The third kappa shape index (κ3) is 3.33. The van der Waals surface area contributed by atoms with Gasteiger partial charge in [0.1, 0.15) is 5.69 Å². The molecule has 0 N–H and O–H groups in total. The Morgan fingerprint density at radius 1 is 1.26 bits per heavy atom. The summed E-state index contributed by atoms with van der Waals surface area (Å²) in [6.45, 7) is 0.840. The number of anilines is 1. The van der Waals surface area contributed by atoms with Gasteiger partial charge in [-0.1, -0.05) is 0 Å². The number of hydrogen-bond donors (Lipinski definition) is 0. The Balaban J connectivity index is 1.85. The SMILES string of the molecule is O=c1cccnn1CC1CCCN1c1nccc(C(F)(F)F)n1. The largest absolute Gasteiger partial charge is 0.433 e. The summed E-state index contributed by atoms with van der Waals surface area (Å²) >= 11 is 0. The van der Waals surface area contributed by atoms with Crippen LogP contribution in [-0.4, -0.2) is 32.3 Å². The van der Waals surface area contributed by atoms with Crippen LogP contribution in [0.4, 0.5) is 19.1 Å². The van der Waals surface area contributed by atoms with Crippen LogP contribution in [0.15, 0.2) is 35.4 Å². The third-order valence-electron chi connectivity index (χ3n) is 3.74. The van der Waals surface area contributed by atoms with Crippen molar-refractivity contribution in [3.8, 4) is 0 Å². The van der Waals surface area contributed by atoms with E-state index in [9.17, 15) is 18.0 Å². The molecule has 1 unspecified atom stereocenters. The van der Waals surface area contributed by atoms with Gasteiger partial charge in [0.05, 0.1) is 12.6 Å². The molecule has 3 heterocycles. The lowest BCUT2D eigenvalue weighted by molar-refractivity contribution is -0.141. The van der Waals surface area contributed by atoms with Crippen LogP contribution < -0.4 is 10.5 Å². The zero-order valence-corrected chi connectivity index (χ0v) is 12.1. The van der Waals surface area contributed by atoms with Crippen molar-refractivity contribution in [1.82, 2.24) is 19.7 Å². The molecule has 1 aliphatic heterocycles. The average Bonchev–Trinajstić information content (AvgIpc) is 2.97. The van der Waals surface area contributed by atoms with Crippen LogP contribution in [0.5, 0.6) is 0 Å². The van der Waals surface area contributed by atoms with Crippen LogP contribution in [0.1, 0.15) is 18.5 Å². The predicted octanol–water partition coefficient (Wildman–Crippen LogP) is 1.72. The Morgan fingerprint density at radius 3 is 2.83 bits per heavy atom. The van der Waals surface area contributed by atoms with Gasteiger partial charge in [-0.05, 0) is 25.0 Å². The fourth-order valence-electron chi connectivity index (χ4n) is 2.66. The molecule has 6 nitrogen and oxygen atoms in total. The van der Waals surface area contributed by atoms with E-state index in [1.807, 2.05) is 0 Å². The molecule has 1 atom stereocenters. The van der Waals surface area contributed by atoms with Crippen molar-refractivity contribution < 1.29 is 13.2 Å². The molecule has 0 aliphatic carbocycles. The molecule has 122 valence electrons. The van der Waals surface area contributed by atoms with Gasteiger partial charge in [0, 0.05) is 25.0 Å². The van der Waals surface area contributed by atoms with E-state index in [0.29, 0.717) is 13.1 Å². The molecule has 0 aromatic carbocycles. The summed E-state index contributed by atoms with van der Waals surface area (Å²) in [5, 5.41) is 3.98. The Labute approximate surface area is 129 Å². The molecule has 23 heavy (non-hydrogen) atoms. The molecule has 0 amide bonds. The maximum Gasteiger partial charge on any atom is 0.433 e. The summed E-state index contributed by atoms with van der Waals surface area (Å²) in [5.74, 6) is 0.0336. The second kappa shape index (κ2) is 5.98. The van der Waals surface area contributed by atoms with E-state index >= 15 is 0 Å². The molecule has 0 spiro atoms. The van der Waals surface area contributed by atoms with Gasteiger partial charge < -0.3 is 4.90 Å². The highest BCUT2D eigenvalue weighted by Crippen LogP contribution is 2.30. The molecule has 0 bridgehead atoms. The number of halogens is 3. The van der Waals surface area contributed by atoms with E-state index in [2.05, 4.69) is 15.1 Å². The molecule has 1 aliphatic rings. The summed E-state index contributed by atoms with van der Waals surface area (Å²) in [5.41, 5.74) is -1.22. The van der Waals surface area contributed by atoms with Gasteiger partial charge in [0.15, 0.2) is 0 Å². The van der Waals surface area contributed by atoms with Crippen molar-refractivity contribution in [2.75, 3.05) is 11.4 Å². The van der Waals surface area contributed by atoms with Crippen molar-refractivity contribution in [1.29, 1.82) is 0 Å². The Kier molecular flexibility index (Phi) is 4.01. The lowest BCUT2D eigenvalue weighted by atomic mass is 10.2. The minimum absolute atomic E-state index is 0.0336. The lowest BCUT2D eigenvalue weighted by Crippen LogP contribution is -2.38. The summed E-state index contributed by atoms with van der Waals surface area (Å²) < 4.78 is 39.7. The monoisotopic (exact) mass is 325 g/mol. The number of hydrogen-bond acceptors (Lipinski definition) is 5. The molecule has 3 rings (SSSR count). The van der Waals surface area contributed by atoms with Crippen molar-refractivity contribution in [2.45, 2.75) is 31.6 Å². The van der Waals surface area contributed by atoms with E-state index in [4.69, 9.17) is 0 Å². The molecule has 1 saturated heterocycles. The van der Waals surface area contributed by atoms with Gasteiger partial charge in [-0.2, -0.15) is 18.3 Å². The molecule has 1 fully saturated rings. The molecule has 0 radical (unpaired) electrons. The first-order chi connectivity index (χ1) is 10.9. The highest BCUT2D eigenvalue weighted by Gasteiger charge is 2.34. The quantitative estimate of drug-likeness (QED) is 0.860. The second-order valence-corrected chi connectivity index (χ2v) is 5.27. The first-order valence-corrected chi connectivity index (χ1v) is 7.14. The summed E-state index contributed by atoms with van der Waals surface area (Å²) in [4.78, 5) is 21.0. The fraction of sp³-hybridized carbons (Fsp3) is 0.429. The van der Waals surface area contributed by atoms with Crippen LogP contribution in [-0.2, 0) is 12.7 Å². The van der Waals surface area contributed by atoms with Gasteiger partial charge in [0.2, 0.25) is 5.95 Å². The molecular weight excluding hydrogens is 311 g/mol. The normalized spacial score (nSPS) is 18.4. The van der Waals surface area contributed by atoms with Crippen molar-refractivity contribution in [2.24, 2.45) is 0 Å². The summed E-state index contributed by atoms with van der Waals surface area (Å²) in [7, 11) is 0. The molecule has 9 heteroatoms. The minimum Gasteiger partial charge on any atom is -0.336 e. The summed E-state index contributed by atoms with van der Waals surface area (Å²) in [6.07, 6.45) is -0.367. The standard InChI is InChI=1S/C14H14F3N5O/c15-14(16,17)11-5-7-18-13(20-11)21-8-2-3-10(21)9-22-12(23)4-1-6-19-22/h1,4-7,10H,2-3,8-9H2. The zero-order chi connectivity index (χ0) is 16.4. The van der Waals surface area contributed by atoms with Crippen LogP contribution in [0.25, 0.3) is 0 Å².